The molecule has 31 heteroatoms. The molecule has 0 aliphatic carbocycles. The lowest BCUT2D eigenvalue weighted by atomic mass is 9.98. The van der Waals surface area contributed by atoms with Crippen LogP contribution in [0.3, 0.4) is 0 Å². The molecule has 2 aromatic rings. The fourth-order valence-corrected chi connectivity index (χ4v) is 7.80. The number of benzene rings is 1. The Morgan fingerprint density at radius 3 is 1.70 bits per heavy atom. The number of imidazole rings is 1. The van der Waals surface area contributed by atoms with Gasteiger partial charge in [0.05, 0.1) is 31.9 Å². The Kier molecular flexibility index (Phi) is 26.8. The first-order valence-electron chi connectivity index (χ1n) is 24.2. The number of aromatic amines is 1. The number of aliphatic hydroxyl groups excluding tert-OH is 1. The van der Waals surface area contributed by atoms with Crippen LogP contribution in [0.2, 0.25) is 0 Å². The van der Waals surface area contributed by atoms with Crippen molar-refractivity contribution in [2.75, 3.05) is 13.1 Å². The largest absolute Gasteiger partial charge is 0.567 e. The summed E-state index contributed by atoms with van der Waals surface area (Å²) in [7, 11) is -5.11. The number of aliphatic hydroxyl groups is 1. The van der Waals surface area contributed by atoms with Crippen LogP contribution < -0.4 is 59.7 Å². The quantitative estimate of drug-likeness (QED) is 0.0233. The van der Waals surface area contributed by atoms with E-state index in [1.165, 1.54) is 64.5 Å². The van der Waals surface area contributed by atoms with Crippen molar-refractivity contribution in [1.29, 1.82) is 0 Å². The summed E-state index contributed by atoms with van der Waals surface area (Å²) in [6, 6.07) is -6.97. The Labute approximate surface area is 437 Å². The van der Waals surface area contributed by atoms with Crippen molar-refractivity contribution in [3.8, 4) is 5.75 Å². The number of unbranched alkanes of at least 4 members (excludes halogenated alkanes) is 1. The van der Waals surface area contributed by atoms with E-state index in [2.05, 4.69) is 64.0 Å². The van der Waals surface area contributed by atoms with Gasteiger partial charge < -0.3 is 80.0 Å². The molecule has 0 radical (unpaired) electrons. The number of nitrogens with one attached hydrogen (secondary N) is 9. The number of carboxylic acid groups (broad SMARTS) is 1. The molecule has 1 aromatic carbocycles. The highest BCUT2D eigenvalue weighted by molar-refractivity contribution is 7.53. The second kappa shape index (κ2) is 31.2. The number of nitrogens with two attached hydrogens (primary N) is 1. The zero-order chi connectivity index (χ0) is 57.6. The molecule has 1 aromatic heterocycles. The fourth-order valence-electron chi connectivity index (χ4n) is 7.23. The maximum atomic E-state index is 14.2. The van der Waals surface area contributed by atoms with Crippen molar-refractivity contribution < 1.29 is 93.9 Å². The lowest BCUT2D eigenvalue weighted by Gasteiger charge is -2.31. The Hall–Kier alpha value is -6.92. The number of carbonyl (C=O) groups excluding carboxylic acids is 9. The Morgan fingerprint density at radius 2 is 1.20 bits per heavy atom. The van der Waals surface area contributed by atoms with Gasteiger partial charge in [-0.2, -0.15) is 14.7 Å². The van der Waals surface area contributed by atoms with Crippen LogP contribution in [0, 0.1) is 11.8 Å². The number of quaternary nitrogens is 2. The number of hydrogen-bond donors (Lipinski definition) is 18. The van der Waals surface area contributed by atoms with Crippen molar-refractivity contribution in [3.63, 3.8) is 0 Å². The van der Waals surface area contributed by atoms with E-state index in [4.69, 9.17) is 10.3 Å². The van der Waals surface area contributed by atoms with Gasteiger partial charge >= 0.3 is 14.1 Å². The van der Waals surface area contributed by atoms with Crippen LogP contribution in [0.4, 0.5) is 0 Å². The summed E-state index contributed by atoms with van der Waals surface area (Å²) < 4.78 is 4.75. The van der Waals surface area contributed by atoms with Crippen LogP contribution in [0.15, 0.2) is 36.8 Å². The zero-order valence-corrected chi connectivity index (χ0v) is 44.0. The average molecular weight is 1100 g/mol. The topological polar surface area (TPSA) is 508 Å². The number of rotatable bonds is 33. The van der Waals surface area contributed by atoms with E-state index in [9.17, 15) is 77.9 Å². The number of phenols is 1. The van der Waals surface area contributed by atoms with Crippen molar-refractivity contribution in [3.05, 3.63) is 48.0 Å². The van der Waals surface area contributed by atoms with E-state index in [1.807, 2.05) is 0 Å². The summed E-state index contributed by atoms with van der Waals surface area (Å²) in [6.45, 7) is 8.24. The molecule has 0 unspecified atom stereocenters. The second-order valence-corrected chi connectivity index (χ2v) is 19.9. The molecule has 424 valence electrons. The van der Waals surface area contributed by atoms with E-state index in [-0.39, 0.29) is 24.3 Å². The molecule has 0 aliphatic rings. The van der Waals surface area contributed by atoms with Crippen molar-refractivity contribution >= 4 is 67.3 Å². The Balaban J connectivity index is 2.37. The van der Waals surface area contributed by atoms with Crippen LogP contribution >= 0.6 is 8.17 Å². The lowest BCUT2D eigenvalue weighted by molar-refractivity contribution is -0.406. The first-order valence-corrected chi connectivity index (χ1v) is 25.7. The highest BCUT2D eigenvalue weighted by Gasteiger charge is 2.44. The van der Waals surface area contributed by atoms with Gasteiger partial charge in [0.1, 0.15) is 54.1 Å². The number of H-pyrrole nitrogens is 1. The Bertz CT molecular complexity index is 2280. The van der Waals surface area contributed by atoms with Gasteiger partial charge in [-0.15, -0.1) is 4.52 Å². The number of hydrogen-bond acceptors (Lipinski definition) is 17. The van der Waals surface area contributed by atoms with E-state index < -0.39 is 153 Å². The van der Waals surface area contributed by atoms with Gasteiger partial charge in [-0.1, -0.05) is 39.8 Å². The molecule has 30 nitrogen and oxygen atoms in total. The van der Waals surface area contributed by atoms with Gasteiger partial charge in [-0.3, -0.25) is 43.2 Å². The number of aromatic hydroxyl groups is 1. The highest BCUT2D eigenvalue weighted by atomic mass is 31.2. The molecule has 23 N–H and O–H groups in total. The Morgan fingerprint density at radius 1 is 0.684 bits per heavy atom. The average Bonchev–Trinajstić information content (AvgIpc) is 3.84. The van der Waals surface area contributed by atoms with Crippen LogP contribution in [0.1, 0.15) is 78.5 Å². The minimum Gasteiger partial charge on any atom is -0.508 e. The maximum absolute atomic E-state index is 14.2. The van der Waals surface area contributed by atoms with Crippen LogP contribution in [-0.2, 0) is 65.3 Å². The van der Waals surface area contributed by atoms with Crippen molar-refractivity contribution in [2.24, 2.45) is 17.6 Å². The van der Waals surface area contributed by atoms with Crippen LogP contribution in [0.25, 0.3) is 0 Å². The molecule has 10 atom stereocenters. The number of amides is 9. The minimum atomic E-state index is -5.11. The van der Waals surface area contributed by atoms with Gasteiger partial charge in [0.2, 0.25) is 47.3 Å². The predicted octanol–water partition coefficient (Wildman–Crippen LogP) is -6.85. The number of phenolic OH excluding ortho intramolecular Hbond substituents is 1. The molecule has 0 saturated carbocycles. The van der Waals surface area contributed by atoms with Gasteiger partial charge in [-0.05, 0) is 56.2 Å². The fraction of sp³-hybridized carbons (Fsp3) is 0.578. The monoisotopic (exact) mass is 1100 g/mol. The zero-order valence-electron chi connectivity index (χ0n) is 43.1. The normalized spacial score (nSPS) is 15.4. The summed E-state index contributed by atoms with van der Waals surface area (Å²) in [5.41, 5.74) is 13.6. The smallest absolute Gasteiger partial charge is 0.508 e. The molecule has 76 heavy (non-hydrogen) atoms. The summed E-state index contributed by atoms with van der Waals surface area (Å²) in [5, 5.41) is 49.3. The van der Waals surface area contributed by atoms with E-state index in [0.29, 0.717) is 24.9 Å². The number of primary amides is 1. The van der Waals surface area contributed by atoms with Crippen LogP contribution in [-0.4, -0.2) is 173 Å². The summed E-state index contributed by atoms with van der Waals surface area (Å²) >= 11 is 0. The van der Waals surface area contributed by atoms with Gasteiger partial charge in [0, 0.05) is 31.2 Å². The molecule has 1 heterocycles. The number of aromatic nitrogens is 2. The van der Waals surface area contributed by atoms with E-state index in [0.717, 1.165) is 20.3 Å². The third-order valence-corrected chi connectivity index (χ3v) is 12.0. The lowest BCUT2D eigenvalue weighted by Crippen LogP contribution is -2.68. The summed E-state index contributed by atoms with van der Waals surface area (Å²) in [6.07, 6.45) is -0.467. The highest BCUT2D eigenvalue weighted by Crippen LogP contribution is 2.47. The van der Waals surface area contributed by atoms with Gasteiger partial charge in [-0.25, -0.2) is 9.78 Å². The third kappa shape index (κ3) is 22.9. The van der Waals surface area contributed by atoms with E-state index in [1.54, 1.807) is 0 Å². The minimum absolute atomic E-state index is 0.126. The predicted molar refractivity (Wildman–Crippen MR) is 266 cm³/mol. The number of nitrogens with zero attached hydrogens (tertiary/aromatic N) is 1. The summed E-state index contributed by atoms with van der Waals surface area (Å²) in [5.74, 6) is -12.2. The molecule has 0 spiro atoms. The van der Waals surface area contributed by atoms with Crippen molar-refractivity contribution in [2.45, 2.75) is 141 Å². The SMILES string of the molecule is CC(C)[C@H](NC(=O)[C@H](Cc1ccc(O)cc1)NC(=O)[C@H](CC(N)=O)NC(=O)CNC(=O)[C@@H]([NH3+])CCCC[NH3+])C(=O)N[C@H](C(=O)N[C@H](C(=O)N[C@H](C(=O)N[C@@H](Cc1cnc[nH]1)C(=O)O)[C@@H](C)O[P+](O)(O)O)[C@@H](C)O)C(C)C. The van der Waals surface area contributed by atoms with E-state index >= 15 is 0 Å². The van der Waals surface area contributed by atoms with Gasteiger partial charge in [0.15, 0.2) is 6.04 Å². The first-order chi connectivity index (χ1) is 35.4. The van der Waals surface area contributed by atoms with Crippen molar-refractivity contribution in [1.82, 2.24) is 52.5 Å². The van der Waals surface area contributed by atoms with Crippen LogP contribution in [0.5, 0.6) is 5.75 Å². The molecule has 0 bridgehead atoms. The maximum Gasteiger partial charge on any atom is 0.567 e. The molecular weight excluding hydrogens is 1030 g/mol. The second-order valence-electron chi connectivity index (χ2n) is 18.7. The standard InChI is InChI=1S/C45H72N13O17P/c1-21(2)34(55-40(65)29(15-25-10-12-27(60)13-11-25)53-39(64)30(17-32(48)61)52-33(62)19-50-38(63)28(47)9-7-8-14-46)41(66)56-35(22(3)4)42(67)57-36(23(5)59)43(68)58-37(24(6)75-76(72,73)74)44(69)54-31(45(70)71)16-26-18-49-20-51-26/h10-13,18,20-24,28-31,34-37,59,72-74H,7-9,14-17,19,46-47H2,1-6H3,(H12-,48,49,50,51,52,53,54,55,56,57,58,60,61,62,63,64,65,66,67,68,69,70,71)/p+3/t23-,24-,28+,29+,30+,31+,34+,35+,36+,37+/m1/s1. The molecule has 2 rings (SSSR count). The summed E-state index contributed by atoms with van der Waals surface area (Å²) in [4.78, 5) is 168. The first kappa shape index (κ1) is 65.2. The third-order valence-electron chi connectivity index (χ3n) is 11.4. The molecule has 9 amide bonds. The number of aliphatic carboxylic acids is 1. The molecule has 0 fully saturated rings. The molecular formula is C45H75N13O17P+3. The molecule has 0 aliphatic heterocycles. The number of carboxylic acids is 1. The van der Waals surface area contributed by atoms with Gasteiger partial charge in [0.25, 0.3) is 5.91 Å². The molecule has 0 saturated heterocycles. The number of carbonyl (C=O) groups is 10.